The zero-order valence-electron chi connectivity index (χ0n) is 7.18. The Kier molecular flexibility index (Phi) is 3.06. The van der Waals surface area contributed by atoms with E-state index in [2.05, 4.69) is 10.2 Å². The third-order valence-electron chi connectivity index (χ3n) is 1.55. The van der Waals surface area contributed by atoms with Gasteiger partial charge < -0.3 is 4.42 Å². The van der Waals surface area contributed by atoms with E-state index in [4.69, 9.17) is 16.0 Å². The summed E-state index contributed by atoms with van der Waals surface area (Å²) >= 11 is 7.12. The molecule has 0 atom stereocenters. The fourth-order valence-corrected chi connectivity index (χ4v) is 1.84. The summed E-state index contributed by atoms with van der Waals surface area (Å²) in [5.74, 6) is 1.19. The smallest absolute Gasteiger partial charge is 0.312 e. The van der Waals surface area contributed by atoms with Gasteiger partial charge in [-0.1, -0.05) is 23.3 Å². The highest BCUT2D eigenvalue weighted by Crippen LogP contribution is 2.21. The van der Waals surface area contributed by atoms with E-state index in [1.165, 1.54) is 4.90 Å². The number of halogens is 1. The van der Waals surface area contributed by atoms with E-state index < -0.39 is 0 Å². The van der Waals surface area contributed by atoms with Crippen molar-refractivity contribution in [3.8, 4) is 0 Å². The standard InChI is InChI=1S/C9H7ClN2OS/c10-9-12-11-8(13-9)6-14-7-4-2-1-3-5-7/h1-5H,6H2. The van der Waals surface area contributed by atoms with Gasteiger partial charge in [0.2, 0.25) is 5.89 Å². The van der Waals surface area contributed by atoms with E-state index >= 15 is 0 Å². The predicted molar refractivity (Wildman–Crippen MR) is 55.3 cm³/mol. The summed E-state index contributed by atoms with van der Waals surface area (Å²) in [7, 11) is 0. The minimum atomic E-state index is 0.0914. The van der Waals surface area contributed by atoms with Gasteiger partial charge in [-0.3, -0.25) is 0 Å². The molecule has 0 saturated carbocycles. The van der Waals surface area contributed by atoms with Gasteiger partial charge in [-0.05, 0) is 23.7 Å². The monoisotopic (exact) mass is 226 g/mol. The maximum absolute atomic E-state index is 5.49. The average molecular weight is 227 g/mol. The van der Waals surface area contributed by atoms with E-state index in [0.717, 1.165) is 0 Å². The number of hydrogen-bond donors (Lipinski definition) is 0. The van der Waals surface area contributed by atoms with Gasteiger partial charge in [0, 0.05) is 4.90 Å². The zero-order valence-corrected chi connectivity index (χ0v) is 8.76. The van der Waals surface area contributed by atoms with Gasteiger partial charge in [-0.15, -0.1) is 16.9 Å². The van der Waals surface area contributed by atoms with Crippen LogP contribution in [0.15, 0.2) is 39.6 Å². The normalized spacial score (nSPS) is 10.4. The molecule has 1 aromatic heterocycles. The highest BCUT2D eigenvalue weighted by atomic mass is 35.5. The largest absolute Gasteiger partial charge is 0.411 e. The predicted octanol–water partition coefficient (Wildman–Crippen LogP) is 3.02. The van der Waals surface area contributed by atoms with Gasteiger partial charge >= 0.3 is 5.35 Å². The number of aromatic nitrogens is 2. The molecule has 0 unspecified atom stereocenters. The highest BCUT2D eigenvalue weighted by molar-refractivity contribution is 7.98. The van der Waals surface area contributed by atoms with Gasteiger partial charge in [0.25, 0.3) is 0 Å². The topological polar surface area (TPSA) is 38.9 Å². The second-order valence-electron chi connectivity index (χ2n) is 2.55. The molecule has 0 radical (unpaired) electrons. The van der Waals surface area contributed by atoms with Crippen molar-refractivity contribution < 1.29 is 4.42 Å². The first-order valence-electron chi connectivity index (χ1n) is 4.00. The highest BCUT2D eigenvalue weighted by Gasteiger charge is 2.03. The van der Waals surface area contributed by atoms with Crippen molar-refractivity contribution in [3.63, 3.8) is 0 Å². The second kappa shape index (κ2) is 4.48. The Morgan fingerprint density at radius 1 is 1.21 bits per heavy atom. The quantitative estimate of drug-likeness (QED) is 0.755. The Morgan fingerprint density at radius 2 is 2.00 bits per heavy atom. The minimum absolute atomic E-state index is 0.0914. The molecule has 2 rings (SSSR count). The maximum atomic E-state index is 5.49. The molecule has 0 aliphatic rings. The molecule has 0 N–H and O–H groups in total. The van der Waals surface area contributed by atoms with E-state index in [1.54, 1.807) is 11.8 Å². The molecule has 0 fully saturated rings. The van der Waals surface area contributed by atoms with Crippen molar-refractivity contribution in [2.75, 3.05) is 0 Å². The van der Waals surface area contributed by atoms with Crippen molar-refractivity contribution in [2.24, 2.45) is 0 Å². The number of hydrogen-bond acceptors (Lipinski definition) is 4. The maximum Gasteiger partial charge on any atom is 0.312 e. The molecule has 0 saturated heterocycles. The molecule has 3 nitrogen and oxygen atoms in total. The van der Waals surface area contributed by atoms with E-state index in [9.17, 15) is 0 Å². The Bertz CT molecular complexity index is 404. The molecule has 5 heteroatoms. The number of rotatable bonds is 3. The van der Waals surface area contributed by atoms with Crippen LogP contribution in [0.25, 0.3) is 0 Å². The summed E-state index contributed by atoms with van der Waals surface area (Å²) < 4.78 is 5.03. The van der Waals surface area contributed by atoms with Crippen LogP contribution in [0.2, 0.25) is 5.35 Å². The third-order valence-corrected chi connectivity index (χ3v) is 2.70. The van der Waals surface area contributed by atoms with Crippen molar-refractivity contribution in [1.29, 1.82) is 0 Å². The molecule has 0 bridgehead atoms. The molecule has 2 aromatic rings. The molecule has 0 aliphatic carbocycles. The Hall–Kier alpha value is -1.00. The molecule has 1 heterocycles. The molecule has 0 amide bonds. The zero-order chi connectivity index (χ0) is 9.80. The van der Waals surface area contributed by atoms with Gasteiger partial charge in [0.15, 0.2) is 0 Å². The molecule has 1 aromatic carbocycles. The van der Waals surface area contributed by atoms with E-state index in [0.29, 0.717) is 11.6 Å². The lowest BCUT2D eigenvalue weighted by Crippen LogP contribution is -1.79. The fourth-order valence-electron chi connectivity index (χ4n) is 0.953. The molecule has 0 spiro atoms. The summed E-state index contributed by atoms with van der Waals surface area (Å²) in [5.41, 5.74) is 0. The summed E-state index contributed by atoms with van der Waals surface area (Å²) in [6.45, 7) is 0. The van der Waals surface area contributed by atoms with Gasteiger partial charge in [-0.25, -0.2) is 0 Å². The van der Waals surface area contributed by atoms with Crippen LogP contribution in [-0.2, 0) is 5.75 Å². The van der Waals surface area contributed by atoms with E-state index in [-0.39, 0.29) is 5.35 Å². The lowest BCUT2D eigenvalue weighted by Gasteiger charge is -1.96. The lowest BCUT2D eigenvalue weighted by molar-refractivity contribution is 0.516. The number of thioether (sulfide) groups is 1. The third kappa shape index (κ3) is 2.49. The van der Waals surface area contributed by atoms with Crippen LogP contribution in [0.5, 0.6) is 0 Å². The SMILES string of the molecule is Clc1nnc(CSc2ccccc2)o1. The lowest BCUT2D eigenvalue weighted by atomic mass is 10.4. The molecule has 72 valence electrons. The first-order valence-corrected chi connectivity index (χ1v) is 5.37. The average Bonchev–Trinajstić information content (AvgIpc) is 2.63. The Morgan fingerprint density at radius 3 is 2.64 bits per heavy atom. The molecule has 14 heavy (non-hydrogen) atoms. The summed E-state index contributed by atoms with van der Waals surface area (Å²) in [5, 5.41) is 7.42. The molecular formula is C9H7ClN2OS. The van der Waals surface area contributed by atoms with Crippen LogP contribution in [-0.4, -0.2) is 10.2 Å². The Labute approximate surface area is 90.5 Å². The summed E-state index contributed by atoms with van der Waals surface area (Å²) in [4.78, 5) is 1.17. The van der Waals surface area contributed by atoms with Gasteiger partial charge in [0.05, 0.1) is 5.75 Å². The van der Waals surface area contributed by atoms with Gasteiger partial charge in [-0.2, -0.15) is 0 Å². The molecule has 0 aliphatic heterocycles. The fraction of sp³-hybridized carbons (Fsp3) is 0.111. The van der Waals surface area contributed by atoms with Crippen LogP contribution < -0.4 is 0 Å². The number of benzene rings is 1. The van der Waals surface area contributed by atoms with Crippen LogP contribution in [0.3, 0.4) is 0 Å². The summed E-state index contributed by atoms with van der Waals surface area (Å²) in [6, 6.07) is 10.0. The van der Waals surface area contributed by atoms with Crippen LogP contribution in [0.4, 0.5) is 0 Å². The van der Waals surface area contributed by atoms with Crippen molar-refractivity contribution in [3.05, 3.63) is 41.6 Å². The first-order chi connectivity index (χ1) is 6.84. The van der Waals surface area contributed by atoms with Crippen LogP contribution in [0.1, 0.15) is 5.89 Å². The number of nitrogens with zero attached hydrogens (tertiary/aromatic N) is 2. The minimum Gasteiger partial charge on any atom is -0.411 e. The first kappa shape index (κ1) is 9.55. The van der Waals surface area contributed by atoms with Crippen LogP contribution in [0, 0.1) is 0 Å². The Balaban J connectivity index is 1.95. The van der Waals surface area contributed by atoms with Crippen LogP contribution >= 0.6 is 23.4 Å². The second-order valence-corrected chi connectivity index (χ2v) is 3.92. The molecular weight excluding hydrogens is 220 g/mol. The summed E-state index contributed by atoms with van der Waals surface area (Å²) in [6.07, 6.45) is 0. The van der Waals surface area contributed by atoms with Crippen molar-refractivity contribution in [1.82, 2.24) is 10.2 Å². The van der Waals surface area contributed by atoms with E-state index in [1.807, 2.05) is 30.3 Å². The van der Waals surface area contributed by atoms with Crippen molar-refractivity contribution in [2.45, 2.75) is 10.6 Å². The van der Waals surface area contributed by atoms with Crippen molar-refractivity contribution >= 4 is 23.4 Å². The van der Waals surface area contributed by atoms with Gasteiger partial charge in [0.1, 0.15) is 0 Å².